The number of hydrogen-bond donors (Lipinski definition) is 1. The number of aromatic nitrogens is 4. The Labute approximate surface area is 107 Å². The summed E-state index contributed by atoms with van der Waals surface area (Å²) in [7, 11) is 1.93. The van der Waals surface area contributed by atoms with Gasteiger partial charge < -0.3 is 5.32 Å². The van der Waals surface area contributed by atoms with E-state index in [4.69, 9.17) is 0 Å². The van der Waals surface area contributed by atoms with E-state index < -0.39 is 0 Å². The second kappa shape index (κ2) is 6.42. The van der Waals surface area contributed by atoms with Crippen molar-refractivity contribution < 1.29 is 0 Å². The summed E-state index contributed by atoms with van der Waals surface area (Å²) in [5.74, 6) is 0. The number of nitrogens with one attached hydrogen (secondary N) is 1. The van der Waals surface area contributed by atoms with Gasteiger partial charge in [0.2, 0.25) is 0 Å². The topological polar surface area (TPSA) is 47.7 Å². The molecule has 0 aliphatic carbocycles. The van der Waals surface area contributed by atoms with Crippen molar-refractivity contribution in [2.24, 2.45) is 7.05 Å². The van der Waals surface area contributed by atoms with Crippen LogP contribution in [0.15, 0.2) is 24.5 Å². The molecule has 0 saturated carbocycles. The minimum absolute atomic E-state index is 0. The molecule has 0 aromatic carbocycles. The lowest BCUT2D eigenvalue weighted by Crippen LogP contribution is -2.16. The van der Waals surface area contributed by atoms with Crippen molar-refractivity contribution in [1.82, 2.24) is 24.9 Å². The number of aryl methyl sites for hydroxylation is 2. The quantitative estimate of drug-likeness (QED) is 0.877. The number of halogens is 1. The van der Waals surface area contributed by atoms with Crippen molar-refractivity contribution in [2.45, 2.75) is 26.6 Å². The van der Waals surface area contributed by atoms with E-state index in [1.54, 1.807) is 0 Å². The van der Waals surface area contributed by atoms with Gasteiger partial charge in [0.15, 0.2) is 0 Å². The van der Waals surface area contributed by atoms with Crippen LogP contribution in [0.2, 0.25) is 0 Å². The molecule has 5 nitrogen and oxygen atoms in total. The molecule has 94 valence electrons. The first-order chi connectivity index (χ1) is 7.79. The number of hydrogen-bond acceptors (Lipinski definition) is 3. The Bertz CT molecular complexity index is 448. The fourth-order valence-electron chi connectivity index (χ4n) is 1.67. The molecule has 0 aliphatic heterocycles. The first-order valence-electron chi connectivity index (χ1n) is 5.49. The molecular weight excluding hydrogens is 238 g/mol. The molecular formula is C11H18ClN5. The number of rotatable bonds is 5. The molecule has 1 N–H and O–H groups in total. The van der Waals surface area contributed by atoms with E-state index in [2.05, 4.69) is 22.4 Å². The van der Waals surface area contributed by atoms with Crippen molar-refractivity contribution in [3.05, 3.63) is 35.9 Å². The molecule has 17 heavy (non-hydrogen) atoms. The van der Waals surface area contributed by atoms with Crippen molar-refractivity contribution in [3.8, 4) is 0 Å². The lowest BCUT2D eigenvalue weighted by molar-refractivity contribution is 0.575. The van der Waals surface area contributed by atoms with Gasteiger partial charge in [0, 0.05) is 39.1 Å². The van der Waals surface area contributed by atoms with E-state index >= 15 is 0 Å². The minimum Gasteiger partial charge on any atom is -0.305 e. The largest absolute Gasteiger partial charge is 0.305 e. The third-order valence-electron chi connectivity index (χ3n) is 2.49. The number of nitrogens with zero attached hydrogens (tertiary/aromatic N) is 4. The Morgan fingerprint density at radius 2 is 2.12 bits per heavy atom. The Morgan fingerprint density at radius 1 is 1.29 bits per heavy atom. The van der Waals surface area contributed by atoms with Gasteiger partial charge in [-0.15, -0.1) is 12.4 Å². The molecule has 0 radical (unpaired) electrons. The van der Waals surface area contributed by atoms with Crippen LogP contribution < -0.4 is 5.32 Å². The third kappa shape index (κ3) is 3.57. The Balaban J connectivity index is 0.00000144. The van der Waals surface area contributed by atoms with Gasteiger partial charge in [-0.1, -0.05) is 0 Å². The van der Waals surface area contributed by atoms with Gasteiger partial charge in [0.25, 0.3) is 0 Å². The van der Waals surface area contributed by atoms with Crippen LogP contribution in [0.5, 0.6) is 0 Å². The fourth-order valence-corrected chi connectivity index (χ4v) is 1.67. The van der Waals surface area contributed by atoms with Crippen molar-refractivity contribution >= 4 is 12.4 Å². The zero-order chi connectivity index (χ0) is 11.4. The summed E-state index contributed by atoms with van der Waals surface area (Å²) in [4.78, 5) is 0. The lowest BCUT2D eigenvalue weighted by atomic mass is 10.4. The molecule has 0 unspecified atom stereocenters. The van der Waals surface area contributed by atoms with E-state index in [1.807, 2.05) is 40.9 Å². The highest BCUT2D eigenvalue weighted by molar-refractivity contribution is 5.85. The zero-order valence-corrected chi connectivity index (χ0v) is 10.9. The van der Waals surface area contributed by atoms with Crippen LogP contribution in [0, 0.1) is 0 Å². The molecule has 0 aliphatic rings. The average Bonchev–Trinajstić information content (AvgIpc) is 2.87. The Kier molecular flexibility index (Phi) is 5.18. The van der Waals surface area contributed by atoms with Crippen LogP contribution in [0.25, 0.3) is 0 Å². The van der Waals surface area contributed by atoms with Gasteiger partial charge in [-0.25, -0.2) is 0 Å². The zero-order valence-electron chi connectivity index (χ0n) is 10.1. The Hall–Kier alpha value is -1.33. The van der Waals surface area contributed by atoms with Crippen LogP contribution in [0.4, 0.5) is 0 Å². The standard InChI is InChI=1S/C11H17N5.ClH/c1-3-16-11(4-6-13-16)9-12-8-10-5-7-15(2)14-10;/h4-7,12H,3,8-9H2,1-2H3;1H. The van der Waals surface area contributed by atoms with Gasteiger partial charge in [-0.2, -0.15) is 10.2 Å². The molecule has 2 aromatic heterocycles. The summed E-state index contributed by atoms with van der Waals surface area (Å²) in [6.07, 6.45) is 3.79. The molecule has 0 atom stereocenters. The van der Waals surface area contributed by atoms with Crippen molar-refractivity contribution in [3.63, 3.8) is 0 Å². The van der Waals surface area contributed by atoms with Gasteiger partial charge in [-0.3, -0.25) is 9.36 Å². The van der Waals surface area contributed by atoms with Crippen LogP contribution in [-0.4, -0.2) is 19.6 Å². The minimum atomic E-state index is 0. The molecule has 6 heteroatoms. The molecule has 2 heterocycles. The summed E-state index contributed by atoms with van der Waals surface area (Å²) in [6, 6.07) is 4.05. The van der Waals surface area contributed by atoms with Gasteiger partial charge in [-0.05, 0) is 19.1 Å². The maximum Gasteiger partial charge on any atom is 0.0762 e. The summed E-state index contributed by atoms with van der Waals surface area (Å²) < 4.78 is 3.80. The molecule has 0 saturated heterocycles. The summed E-state index contributed by atoms with van der Waals surface area (Å²) >= 11 is 0. The van der Waals surface area contributed by atoms with Gasteiger partial charge in [0.1, 0.15) is 0 Å². The fraction of sp³-hybridized carbons (Fsp3) is 0.455. The summed E-state index contributed by atoms with van der Waals surface area (Å²) in [5, 5.41) is 11.9. The van der Waals surface area contributed by atoms with Gasteiger partial charge in [0.05, 0.1) is 11.4 Å². The maximum atomic E-state index is 4.30. The lowest BCUT2D eigenvalue weighted by Gasteiger charge is -2.05. The first-order valence-corrected chi connectivity index (χ1v) is 5.49. The van der Waals surface area contributed by atoms with Crippen LogP contribution in [0.1, 0.15) is 18.3 Å². The monoisotopic (exact) mass is 255 g/mol. The maximum absolute atomic E-state index is 4.30. The second-order valence-electron chi connectivity index (χ2n) is 3.72. The van der Waals surface area contributed by atoms with Crippen LogP contribution in [-0.2, 0) is 26.7 Å². The highest BCUT2D eigenvalue weighted by Crippen LogP contribution is 1.99. The summed E-state index contributed by atoms with van der Waals surface area (Å²) in [5.41, 5.74) is 2.27. The highest BCUT2D eigenvalue weighted by Gasteiger charge is 2.00. The van der Waals surface area contributed by atoms with E-state index in [1.165, 1.54) is 5.69 Å². The van der Waals surface area contributed by atoms with E-state index in [9.17, 15) is 0 Å². The molecule has 0 spiro atoms. The Morgan fingerprint density at radius 3 is 2.76 bits per heavy atom. The molecule has 0 fully saturated rings. The van der Waals surface area contributed by atoms with E-state index in [0.717, 1.165) is 25.3 Å². The highest BCUT2D eigenvalue weighted by atomic mass is 35.5. The van der Waals surface area contributed by atoms with Gasteiger partial charge >= 0.3 is 0 Å². The molecule has 0 bridgehead atoms. The van der Waals surface area contributed by atoms with Crippen LogP contribution >= 0.6 is 12.4 Å². The predicted octanol–water partition coefficient (Wildman–Crippen LogP) is 1.35. The average molecular weight is 256 g/mol. The van der Waals surface area contributed by atoms with E-state index in [-0.39, 0.29) is 12.4 Å². The van der Waals surface area contributed by atoms with Crippen LogP contribution in [0.3, 0.4) is 0 Å². The first kappa shape index (κ1) is 13.7. The SMILES string of the molecule is CCn1nccc1CNCc1ccn(C)n1.Cl. The third-order valence-corrected chi connectivity index (χ3v) is 2.49. The van der Waals surface area contributed by atoms with Crippen molar-refractivity contribution in [2.75, 3.05) is 0 Å². The van der Waals surface area contributed by atoms with E-state index in [0.29, 0.717) is 0 Å². The normalized spacial score (nSPS) is 10.2. The molecule has 2 rings (SSSR count). The second-order valence-corrected chi connectivity index (χ2v) is 3.72. The summed E-state index contributed by atoms with van der Waals surface area (Å²) in [6.45, 7) is 4.61. The predicted molar refractivity (Wildman–Crippen MR) is 68.9 cm³/mol. The smallest absolute Gasteiger partial charge is 0.0762 e. The van der Waals surface area contributed by atoms with Crippen molar-refractivity contribution in [1.29, 1.82) is 0 Å². The molecule has 0 amide bonds. The molecule has 2 aromatic rings.